The van der Waals surface area contributed by atoms with Crippen LogP contribution < -0.4 is 10.6 Å². The van der Waals surface area contributed by atoms with E-state index in [9.17, 15) is 0 Å². The predicted molar refractivity (Wildman–Crippen MR) is 37.4 cm³/mol. The van der Waals surface area contributed by atoms with Gasteiger partial charge in [0.05, 0.1) is 4.61 Å². The van der Waals surface area contributed by atoms with E-state index < -0.39 is 0 Å². The van der Waals surface area contributed by atoms with Crippen LogP contribution in [-0.4, -0.2) is 5.66 Å². The Morgan fingerprint density at radius 1 is 1.62 bits per heavy atom. The molecule has 3 heteroatoms. The third-order valence-electron chi connectivity index (χ3n) is 0.992. The summed E-state index contributed by atoms with van der Waals surface area (Å²) in [5, 5.41) is 6.29. The summed E-state index contributed by atoms with van der Waals surface area (Å²) in [5.74, 6) is 0. The van der Waals surface area contributed by atoms with Crippen molar-refractivity contribution in [3.8, 4) is 0 Å². The van der Waals surface area contributed by atoms with E-state index in [1.54, 1.807) is 0 Å². The average molecular weight is 177 g/mol. The summed E-state index contributed by atoms with van der Waals surface area (Å²) >= 11 is 3.30. The highest BCUT2D eigenvalue weighted by molar-refractivity contribution is 9.11. The van der Waals surface area contributed by atoms with Gasteiger partial charge in [-0.25, -0.2) is 0 Å². The lowest BCUT2D eigenvalue weighted by molar-refractivity contribution is 0.423. The molecule has 1 heterocycles. The lowest BCUT2D eigenvalue weighted by Gasteiger charge is -2.19. The van der Waals surface area contributed by atoms with Crippen LogP contribution in [0, 0.1) is 0 Å². The van der Waals surface area contributed by atoms with Gasteiger partial charge in [0, 0.05) is 6.20 Å². The first-order valence-electron chi connectivity index (χ1n) is 2.52. The van der Waals surface area contributed by atoms with Crippen LogP contribution in [0.1, 0.15) is 13.8 Å². The molecular weight excluding hydrogens is 168 g/mol. The molecule has 8 heavy (non-hydrogen) atoms. The molecule has 0 unspecified atom stereocenters. The van der Waals surface area contributed by atoms with Crippen molar-refractivity contribution < 1.29 is 0 Å². The van der Waals surface area contributed by atoms with Gasteiger partial charge in [-0.3, -0.25) is 0 Å². The molecule has 0 aromatic carbocycles. The third-order valence-corrected chi connectivity index (χ3v) is 1.42. The second-order valence-electron chi connectivity index (χ2n) is 2.39. The number of hydrogen-bond donors (Lipinski definition) is 2. The van der Waals surface area contributed by atoms with Crippen molar-refractivity contribution in [2.75, 3.05) is 0 Å². The number of nitrogens with one attached hydrogen (secondary N) is 2. The number of rotatable bonds is 0. The largest absolute Gasteiger partial charge is 0.367 e. The summed E-state index contributed by atoms with van der Waals surface area (Å²) in [7, 11) is 0. The predicted octanol–water partition coefficient (Wildman–Crippen LogP) is 1.11. The fourth-order valence-corrected chi connectivity index (χ4v) is 1.22. The molecule has 0 saturated heterocycles. The molecule has 0 fully saturated rings. The van der Waals surface area contributed by atoms with Crippen molar-refractivity contribution >= 4 is 15.9 Å². The summed E-state index contributed by atoms with van der Waals surface area (Å²) in [5.41, 5.74) is 0.0266. The quantitative estimate of drug-likeness (QED) is 0.541. The van der Waals surface area contributed by atoms with Crippen LogP contribution in [-0.2, 0) is 0 Å². The number of halogens is 1. The Balaban J connectivity index is 2.55. The van der Waals surface area contributed by atoms with Crippen molar-refractivity contribution in [2.24, 2.45) is 0 Å². The maximum absolute atomic E-state index is 3.30. The highest BCUT2D eigenvalue weighted by atomic mass is 79.9. The molecular formula is C5H9BrN2. The van der Waals surface area contributed by atoms with Crippen LogP contribution in [0.15, 0.2) is 10.8 Å². The summed E-state index contributed by atoms with van der Waals surface area (Å²) in [6.07, 6.45) is 1.90. The molecule has 1 rings (SSSR count). The summed E-state index contributed by atoms with van der Waals surface area (Å²) in [4.78, 5) is 0. The van der Waals surface area contributed by atoms with Crippen molar-refractivity contribution in [3.63, 3.8) is 0 Å². The van der Waals surface area contributed by atoms with E-state index in [-0.39, 0.29) is 5.66 Å². The molecule has 0 saturated carbocycles. The van der Waals surface area contributed by atoms with E-state index in [4.69, 9.17) is 0 Å². The van der Waals surface area contributed by atoms with E-state index in [2.05, 4.69) is 40.4 Å². The van der Waals surface area contributed by atoms with E-state index in [0.29, 0.717) is 0 Å². The standard InChI is InChI=1S/C5H9BrN2/c1-5(2)7-3-4(6)8-5/h3,7-8H,1-2H3. The molecule has 0 spiro atoms. The molecule has 0 aliphatic carbocycles. The molecule has 0 aromatic heterocycles. The first-order chi connectivity index (χ1) is 3.60. The normalized spacial score (nSPS) is 23.6. The molecule has 0 atom stereocenters. The molecule has 0 radical (unpaired) electrons. The van der Waals surface area contributed by atoms with Crippen molar-refractivity contribution in [1.82, 2.24) is 10.6 Å². The van der Waals surface area contributed by atoms with Crippen LogP contribution in [0.3, 0.4) is 0 Å². The Kier molecular flexibility index (Phi) is 1.23. The lowest BCUT2D eigenvalue weighted by Crippen LogP contribution is -2.42. The van der Waals surface area contributed by atoms with Gasteiger partial charge in [0.1, 0.15) is 5.66 Å². The highest BCUT2D eigenvalue weighted by Crippen LogP contribution is 2.12. The third kappa shape index (κ3) is 1.15. The lowest BCUT2D eigenvalue weighted by atomic mass is 10.3. The maximum Gasteiger partial charge on any atom is 0.102 e. The Morgan fingerprint density at radius 2 is 2.25 bits per heavy atom. The smallest absolute Gasteiger partial charge is 0.102 e. The van der Waals surface area contributed by atoms with Crippen LogP contribution >= 0.6 is 15.9 Å². The minimum Gasteiger partial charge on any atom is -0.367 e. The molecule has 0 bridgehead atoms. The topological polar surface area (TPSA) is 24.1 Å². The minimum atomic E-state index is 0.0266. The summed E-state index contributed by atoms with van der Waals surface area (Å²) < 4.78 is 1.02. The van der Waals surface area contributed by atoms with E-state index in [1.165, 1.54) is 0 Å². The Labute approximate surface area is 57.5 Å². The zero-order chi connectivity index (χ0) is 6.20. The van der Waals surface area contributed by atoms with Gasteiger partial charge in [0.2, 0.25) is 0 Å². The fourth-order valence-electron chi connectivity index (χ4n) is 0.614. The average Bonchev–Trinajstić information content (AvgIpc) is 1.82. The van der Waals surface area contributed by atoms with Crippen molar-refractivity contribution in [3.05, 3.63) is 10.8 Å². The van der Waals surface area contributed by atoms with E-state index in [0.717, 1.165) is 4.61 Å². The summed E-state index contributed by atoms with van der Waals surface area (Å²) in [6.45, 7) is 4.13. The van der Waals surface area contributed by atoms with E-state index >= 15 is 0 Å². The Hall–Kier alpha value is -0.180. The second-order valence-corrected chi connectivity index (χ2v) is 3.24. The van der Waals surface area contributed by atoms with Crippen LogP contribution in [0.25, 0.3) is 0 Å². The molecule has 2 nitrogen and oxygen atoms in total. The monoisotopic (exact) mass is 176 g/mol. The zero-order valence-corrected chi connectivity index (χ0v) is 6.54. The molecule has 1 aliphatic heterocycles. The molecule has 1 aliphatic rings. The highest BCUT2D eigenvalue weighted by Gasteiger charge is 2.19. The first kappa shape index (κ1) is 5.95. The second kappa shape index (κ2) is 1.65. The van der Waals surface area contributed by atoms with E-state index in [1.807, 2.05) is 6.20 Å². The van der Waals surface area contributed by atoms with Gasteiger partial charge in [-0.1, -0.05) is 0 Å². The van der Waals surface area contributed by atoms with Gasteiger partial charge in [0.25, 0.3) is 0 Å². The van der Waals surface area contributed by atoms with Gasteiger partial charge < -0.3 is 10.6 Å². The van der Waals surface area contributed by atoms with Crippen molar-refractivity contribution in [2.45, 2.75) is 19.5 Å². The summed E-state index contributed by atoms with van der Waals surface area (Å²) in [6, 6.07) is 0. The van der Waals surface area contributed by atoms with Crippen LogP contribution in [0.2, 0.25) is 0 Å². The van der Waals surface area contributed by atoms with Crippen LogP contribution in [0.4, 0.5) is 0 Å². The Morgan fingerprint density at radius 3 is 2.38 bits per heavy atom. The van der Waals surface area contributed by atoms with Gasteiger partial charge >= 0.3 is 0 Å². The zero-order valence-electron chi connectivity index (χ0n) is 4.96. The maximum atomic E-state index is 3.30. The van der Waals surface area contributed by atoms with Crippen LogP contribution in [0.5, 0.6) is 0 Å². The molecule has 2 N–H and O–H groups in total. The van der Waals surface area contributed by atoms with Gasteiger partial charge in [-0.05, 0) is 29.8 Å². The SMILES string of the molecule is CC1(C)NC=C(Br)N1. The van der Waals surface area contributed by atoms with Gasteiger partial charge in [-0.2, -0.15) is 0 Å². The fraction of sp³-hybridized carbons (Fsp3) is 0.600. The number of hydrogen-bond acceptors (Lipinski definition) is 2. The van der Waals surface area contributed by atoms with Gasteiger partial charge in [-0.15, -0.1) is 0 Å². The Bertz CT molecular complexity index is 128. The molecule has 46 valence electrons. The first-order valence-corrected chi connectivity index (χ1v) is 3.31. The molecule has 0 aromatic rings. The van der Waals surface area contributed by atoms with Gasteiger partial charge in [0.15, 0.2) is 0 Å². The minimum absolute atomic E-state index is 0.0266. The molecule has 0 amide bonds. The van der Waals surface area contributed by atoms with Crippen molar-refractivity contribution in [1.29, 1.82) is 0 Å².